The minimum atomic E-state index is -0.545. The standard InChI is InChI=1S/C19H26Cl2N2O3/c1-19(2,3)26-18(25)23-9-5-6-14(12-23)17(24)22(4)11-13-7-8-15(20)10-16(13)21/h7-8,10,14H,5-6,9,11-12H2,1-4H3/t14-/m1/s1. The van der Waals surface area contributed by atoms with Gasteiger partial charge in [0.05, 0.1) is 5.92 Å². The number of carbonyl (C=O) groups excluding carboxylic acids is 2. The van der Waals surface area contributed by atoms with Gasteiger partial charge in [0.15, 0.2) is 0 Å². The summed E-state index contributed by atoms with van der Waals surface area (Å²) in [7, 11) is 1.75. The summed E-state index contributed by atoms with van der Waals surface area (Å²) < 4.78 is 5.42. The average Bonchev–Trinajstić information content (AvgIpc) is 2.55. The van der Waals surface area contributed by atoms with Crippen molar-refractivity contribution in [1.82, 2.24) is 9.80 Å². The third-order valence-corrected chi connectivity index (χ3v) is 4.81. The molecule has 0 bridgehead atoms. The van der Waals surface area contributed by atoms with Crippen LogP contribution in [0.1, 0.15) is 39.2 Å². The lowest BCUT2D eigenvalue weighted by atomic mass is 9.96. The number of halogens is 2. The smallest absolute Gasteiger partial charge is 0.410 e. The second-order valence-electron chi connectivity index (χ2n) is 7.70. The zero-order chi connectivity index (χ0) is 19.5. The summed E-state index contributed by atoms with van der Waals surface area (Å²) in [6, 6.07) is 5.25. The quantitative estimate of drug-likeness (QED) is 0.744. The van der Waals surface area contributed by atoms with Crippen molar-refractivity contribution in [2.75, 3.05) is 20.1 Å². The number of rotatable bonds is 3. The maximum absolute atomic E-state index is 12.8. The monoisotopic (exact) mass is 400 g/mol. The second-order valence-corrected chi connectivity index (χ2v) is 8.54. The predicted octanol–water partition coefficient (Wildman–Crippen LogP) is 4.60. The molecular formula is C19H26Cl2N2O3. The first kappa shape index (κ1) is 20.8. The van der Waals surface area contributed by atoms with Crippen LogP contribution in [0.4, 0.5) is 4.79 Å². The molecule has 0 radical (unpaired) electrons. The highest BCUT2D eigenvalue weighted by Crippen LogP contribution is 2.24. The molecule has 0 saturated carbocycles. The Morgan fingerprint density at radius 2 is 2.00 bits per heavy atom. The number of nitrogens with zero attached hydrogens (tertiary/aromatic N) is 2. The van der Waals surface area contributed by atoms with Crippen LogP contribution in [0.2, 0.25) is 10.0 Å². The number of ether oxygens (including phenoxy) is 1. The molecule has 0 N–H and O–H groups in total. The van der Waals surface area contributed by atoms with Crippen molar-refractivity contribution < 1.29 is 14.3 Å². The van der Waals surface area contributed by atoms with Gasteiger partial charge in [-0.2, -0.15) is 0 Å². The van der Waals surface area contributed by atoms with Crippen molar-refractivity contribution in [3.63, 3.8) is 0 Å². The molecule has 0 spiro atoms. The molecule has 0 aliphatic carbocycles. The topological polar surface area (TPSA) is 49.9 Å². The third kappa shape index (κ3) is 5.78. The zero-order valence-corrected chi connectivity index (χ0v) is 17.2. The van der Waals surface area contributed by atoms with Gasteiger partial charge in [0.1, 0.15) is 5.60 Å². The van der Waals surface area contributed by atoms with Crippen molar-refractivity contribution >= 4 is 35.2 Å². The summed E-state index contributed by atoms with van der Waals surface area (Å²) in [5.41, 5.74) is 0.294. The average molecular weight is 401 g/mol. The Kier molecular flexibility index (Phi) is 6.80. The van der Waals surface area contributed by atoms with Crippen molar-refractivity contribution in [3.05, 3.63) is 33.8 Å². The molecule has 144 valence electrons. The Bertz CT molecular complexity index is 673. The molecule has 1 saturated heterocycles. The van der Waals surface area contributed by atoms with Gasteiger partial charge in [0, 0.05) is 36.7 Å². The molecule has 1 aromatic carbocycles. The van der Waals surface area contributed by atoms with Gasteiger partial charge in [0.2, 0.25) is 5.91 Å². The largest absolute Gasteiger partial charge is 0.444 e. The summed E-state index contributed by atoms with van der Waals surface area (Å²) in [4.78, 5) is 28.4. The van der Waals surface area contributed by atoms with E-state index in [1.807, 2.05) is 26.8 Å². The normalized spacial score (nSPS) is 17.8. The van der Waals surface area contributed by atoms with Crippen LogP contribution in [-0.2, 0) is 16.1 Å². The van der Waals surface area contributed by atoms with E-state index in [1.165, 1.54) is 0 Å². The van der Waals surface area contributed by atoms with E-state index in [9.17, 15) is 9.59 Å². The zero-order valence-electron chi connectivity index (χ0n) is 15.7. The molecule has 7 heteroatoms. The first-order valence-electron chi connectivity index (χ1n) is 8.73. The van der Waals surface area contributed by atoms with Gasteiger partial charge in [-0.05, 0) is 51.3 Å². The maximum Gasteiger partial charge on any atom is 0.410 e. The molecule has 1 fully saturated rings. The molecule has 1 aliphatic rings. The fourth-order valence-electron chi connectivity index (χ4n) is 2.97. The third-order valence-electron chi connectivity index (χ3n) is 4.22. The van der Waals surface area contributed by atoms with Crippen molar-refractivity contribution in [3.8, 4) is 0 Å². The molecule has 5 nitrogen and oxygen atoms in total. The Morgan fingerprint density at radius 1 is 1.31 bits per heavy atom. The summed E-state index contributed by atoms with van der Waals surface area (Å²) >= 11 is 12.1. The van der Waals surface area contributed by atoms with Crippen LogP contribution in [0.3, 0.4) is 0 Å². The minimum Gasteiger partial charge on any atom is -0.444 e. The lowest BCUT2D eigenvalue weighted by Gasteiger charge is -2.35. The Hall–Kier alpha value is -1.46. The highest BCUT2D eigenvalue weighted by Gasteiger charge is 2.32. The van der Waals surface area contributed by atoms with E-state index in [0.717, 1.165) is 18.4 Å². The molecule has 1 atom stereocenters. The Labute approximate surface area is 165 Å². The minimum absolute atomic E-state index is 0.00396. The summed E-state index contributed by atoms with van der Waals surface area (Å²) in [6.45, 7) is 6.90. The molecule has 2 rings (SSSR count). The van der Waals surface area contributed by atoms with Gasteiger partial charge in [-0.1, -0.05) is 29.3 Å². The number of likely N-dealkylation sites (tertiary alicyclic amines) is 1. The Balaban J connectivity index is 1.98. The van der Waals surface area contributed by atoms with Gasteiger partial charge in [-0.25, -0.2) is 4.79 Å². The van der Waals surface area contributed by atoms with E-state index in [0.29, 0.717) is 29.7 Å². The van der Waals surface area contributed by atoms with E-state index in [1.54, 1.807) is 29.0 Å². The van der Waals surface area contributed by atoms with Gasteiger partial charge in [0.25, 0.3) is 0 Å². The van der Waals surface area contributed by atoms with Crippen LogP contribution in [0.25, 0.3) is 0 Å². The molecule has 0 aromatic heterocycles. The molecular weight excluding hydrogens is 375 g/mol. The van der Waals surface area contributed by atoms with E-state index in [2.05, 4.69) is 0 Å². The highest BCUT2D eigenvalue weighted by molar-refractivity contribution is 6.35. The number of carbonyl (C=O) groups is 2. The van der Waals surface area contributed by atoms with E-state index < -0.39 is 5.60 Å². The van der Waals surface area contributed by atoms with Gasteiger partial charge < -0.3 is 14.5 Å². The van der Waals surface area contributed by atoms with Crippen LogP contribution in [0.15, 0.2) is 18.2 Å². The molecule has 2 amide bonds. The van der Waals surface area contributed by atoms with Crippen molar-refractivity contribution in [1.29, 1.82) is 0 Å². The highest BCUT2D eigenvalue weighted by atomic mass is 35.5. The first-order chi connectivity index (χ1) is 12.1. The maximum atomic E-state index is 12.8. The van der Waals surface area contributed by atoms with Crippen LogP contribution in [0.5, 0.6) is 0 Å². The summed E-state index contributed by atoms with van der Waals surface area (Å²) in [5.74, 6) is -0.225. The SMILES string of the molecule is CN(Cc1ccc(Cl)cc1Cl)C(=O)[C@@H]1CCCN(C(=O)OC(C)(C)C)C1. The van der Waals surface area contributed by atoms with E-state index >= 15 is 0 Å². The van der Waals surface area contributed by atoms with E-state index in [4.69, 9.17) is 27.9 Å². The molecule has 1 aliphatic heterocycles. The lowest BCUT2D eigenvalue weighted by Crippen LogP contribution is -2.47. The number of amides is 2. The number of piperidine rings is 1. The fraction of sp³-hybridized carbons (Fsp3) is 0.579. The Morgan fingerprint density at radius 3 is 2.62 bits per heavy atom. The number of hydrogen-bond acceptors (Lipinski definition) is 3. The summed E-state index contributed by atoms with van der Waals surface area (Å²) in [6.07, 6.45) is 1.18. The fourth-order valence-corrected chi connectivity index (χ4v) is 3.43. The molecule has 1 heterocycles. The van der Waals surface area contributed by atoms with E-state index in [-0.39, 0.29) is 17.9 Å². The summed E-state index contributed by atoms with van der Waals surface area (Å²) in [5, 5.41) is 1.10. The second kappa shape index (κ2) is 8.49. The van der Waals surface area contributed by atoms with Crippen molar-refractivity contribution in [2.45, 2.75) is 45.8 Å². The van der Waals surface area contributed by atoms with Gasteiger partial charge in [-0.3, -0.25) is 4.79 Å². The predicted molar refractivity (Wildman–Crippen MR) is 103 cm³/mol. The van der Waals surface area contributed by atoms with Gasteiger partial charge in [-0.15, -0.1) is 0 Å². The molecule has 26 heavy (non-hydrogen) atoms. The van der Waals surface area contributed by atoms with Crippen LogP contribution >= 0.6 is 23.2 Å². The van der Waals surface area contributed by atoms with Crippen LogP contribution in [0, 0.1) is 5.92 Å². The van der Waals surface area contributed by atoms with Crippen LogP contribution in [-0.4, -0.2) is 47.5 Å². The number of hydrogen-bond donors (Lipinski definition) is 0. The number of benzene rings is 1. The molecule has 1 aromatic rings. The van der Waals surface area contributed by atoms with Crippen molar-refractivity contribution in [2.24, 2.45) is 5.92 Å². The first-order valence-corrected chi connectivity index (χ1v) is 9.49. The molecule has 0 unspecified atom stereocenters. The lowest BCUT2D eigenvalue weighted by molar-refractivity contribution is -0.136. The van der Waals surface area contributed by atoms with Crippen LogP contribution < -0.4 is 0 Å². The van der Waals surface area contributed by atoms with Gasteiger partial charge >= 0.3 is 6.09 Å².